The highest BCUT2D eigenvalue weighted by Gasteiger charge is 2.34. The molecule has 110 valence electrons. The molecule has 2 rings (SSSR count). The van der Waals surface area contributed by atoms with E-state index in [1.165, 1.54) is 0 Å². The SMILES string of the molecule is O=C(NCC1CCC(Cl)CC1)C1CCCCS1(=O)=O. The smallest absolute Gasteiger partial charge is 0.238 e. The Hall–Kier alpha value is -0.290. The molecule has 1 N–H and O–H groups in total. The van der Waals surface area contributed by atoms with Crippen molar-refractivity contribution < 1.29 is 13.2 Å². The Bertz CT molecular complexity index is 416. The van der Waals surface area contributed by atoms with Gasteiger partial charge in [0.25, 0.3) is 0 Å². The molecule has 1 atom stereocenters. The van der Waals surface area contributed by atoms with E-state index in [0.717, 1.165) is 32.1 Å². The minimum absolute atomic E-state index is 0.155. The Morgan fingerprint density at radius 3 is 2.42 bits per heavy atom. The van der Waals surface area contributed by atoms with Gasteiger partial charge >= 0.3 is 0 Å². The summed E-state index contributed by atoms with van der Waals surface area (Å²) in [5.41, 5.74) is 0. The van der Waals surface area contributed by atoms with Crippen molar-refractivity contribution in [2.24, 2.45) is 5.92 Å². The van der Waals surface area contributed by atoms with Crippen LogP contribution in [0.4, 0.5) is 0 Å². The minimum Gasteiger partial charge on any atom is -0.355 e. The van der Waals surface area contributed by atoms with Crippen molar-refractivity contribution in [3.05, 3.63) is 0 Å². The van der Waals surface area contributed by atoms with Crippen LogP contribution < -0.4 is 5.32 Å². The first-order valence-electron chi connectivity index (χ1n) is 7.12. The van der Waals surface area contributed by atoms with Gasteiger partial charge in [-0.2, -0.15) is 0 Å². The van der Waals surface area contributed by atoms with Crippen molar-refractivity contribution in [2.75, 3.05) is 12.3 Å². The van der Waals surface area contributed by atoms with Gasteiger partial charge in [0.2, 0.25) is 5.91 Å². The van der Waals surface area contributed by atoms with Crippen molar-refractivity contribution >= 4 is 27.3 Å². The molecule has 0 aromatic rings. The summed E-state index contributed by atoms with van der Waals surface area (Å²) < 4.78 is 23.7. The number of hydrogen-bond acceptors (Lipinski definition) is 3. The fourth-order valence-electron chi connectivity index (χ4n) is 2.93. The molecule has 1 saturated heterocycles. The Kier molecular flexibility index (Phi) is 5.12. The van der Waals surface area contributed by atoms with Crippen molar-refractivity contribution in [2.45, 2.75) is 55.6 Å². The lowest BCUT2D eigenvalue weighted by Crippen LogP contribution is -2.44. The van der Waals surface area contributed by atoms with Gasteiger partial charge in [-0.3, -0.25) is 4.79 Å². The van der Waals surface area contributed by atoms with Crippen LogP contribution in [0.15, 0.2) is 0 Å². The number of amides is 1. The molecular weight excluding hydrogens is 286 g/mol. The third-order valence-corrected chi connectivity index (χ3v) is 6.82. The van der Waals surface area contributed by atoms with Crippen molar-refractivity contribution in [1.82, 2.24) is 5.32 Å². The summed E-state index contributed by atoms with van der Waals surface area (Å²) in [5.74, 6) is 0.306. The van der Waals surface area contributed by atoms with Gasteiger partial charge in [-0.15, -0.1) is 11.6 Å². The summed E-state index contributed by atoms with van der Waals surface area (Å²) in [6, 6.07) is 0. The topological polar surface area (TPSA) is 63.2 Å². The molecule has 2 fully saturated rings. The molecule has 6 heteroatoms. The second-order valence-electron chi connectivity index (χ2n) is 5.71. The number of carbonyl (C=O) groups excluding carboxylic acids is 1. The maximum absolute atomic E-state index is 12.0. The summed E-state index contributed by atoms with van der Waals surface area (Å²) in [7, 11) is -3.22. The maximum atomic E-state index is 12.0. The van der Waals surface area contributed by atoms with E-state index < -0.39 is 15.1 Å². The van der Waals surface area contributed by atoms with Crippen LogP contribution in [0.5, 0.6) is 0 Å². The zero-order valence-electron chi connectivity index (χ0n) is 11.1. The van der Waals surface area contributed by atoms with E-state index in [1.54, 1.807) is 0 Å². The average molecular weight is 308 g/mol. The van der Waals surface area contributed by atoms with Gasteiger partial charge in [0, 0.05) is 11.9 Å². The highest BCUT2D eigenvalue weighted by molar-refractivity contribution is 7.92. The van der Waals surface area contributed by atoms with Crippen LogP contribution in [0.25, 0.3) is 0 Å². The molecule has 1 heterocycles. The van der Waals surface area contributed by atoms with E-state index in [4.69, 9.17) is 11.6 Å². The summed E-state index contributed by atoms with van der Waals surface area (Å²) >= 11 is 6.04. The summed E-state index contributed by atoms with van der Waals surface area (Å²) in [5, 5.41) is 2.29. The first-order valence-corrected chi connectivity index (χ1v) is 9.27. The molecule has 1 amide bonds. The van der Waals surface area contributed by atoms with Gasteiger partial charge in [0.15, 0.2) is 9.84 Å². The first-order chi connectivity index (χ1) is 8.99. The Labute approximate surface area is 120 Å². The number of halogens is 1. The van der Waals surface area contributed by atoms with Crippen LogP contribution in [-0.2, 0) is 14.6 Å². The predicted octanol–water partition coefficient (Wildman–Crippen LogP) is 1.87. The number of carbonyl (C=O) groups is 1. The largest absolute Gasteiger partial charge is 0.355 e. The van der Waals surface area contributed by atoms with Crippen LogP contribution in [0, 0.1) is 5.92 Å². The van der Waals surface area contributed by atoms with Crippen molar-refractivity contribution in [1.29, 1.82) is 0 Å². The normalized spacial score (nSPS) is 34.7. The standard InChI is InChI=1S/C13H22ClNO3S/c14-11-6-4-10(5-7-11)9-15-13(16)12-3-1-2-8-19(12,17)18/h10-12H,1-9H2,(H,15,16). The molecular formula is C13H22ClNO3S. The quantitative estimate of drug-likeness (QED) is 0.810. The zero-order chi connectivity index (χ0) is 13.9. The number of sulfone groups is 1. The van der Waals surface area contributed by atoms with Gasteiger partial charge in [-0.1, -0.05) is 6.42 Å². The van der Waals surface area contributed by atoms with Gasteiger partial charge in [-0.25, -0.2) is 8.42 Å². The number of nitrogens with one attached hydrogen (secondary N) is 1. The molecule has 0 bridgehead atoms. The Balaban J connectivity index is 1.81. The molecule has 0 aromatic heterocycles. The van der Waals surface area contributed by atoms with Gasteiger partial charge in [0.1, 0.15) is 5.25 Å². The van der Waals surface area contributed by atoms with Crippen LogP contribution in [0.2, 0.25) is 0 Å². The van der Waals surface area contributed by atoms with Gasteiger partial charge in [0.05, 0.1) is 5.75 Å². The third kappa shape index (κ3) is 4.09. The Morgan fingerprint density at radius 1 is 1.11 bits per heavy atom. The lowest BCUT2D eigenvalue weighted by Gasteiger charge is -2.26. The van der Waals surface area contributed by atoms with E-state index in [0.29, 0.717) is 25.3 Å². The molecule has 4 nitrogen and oxygen atoms in total. The van der Waals surface area contributed by atoms with Crippen LogP contribution in [0.3, 0.4) is 0 Å². The van der Waals surface area contributed by atoms with E-state index >= 15 is 0 Å². The monoisotopic (exact) mass is 307 g/mol. The average Bonchev–Trinajstić information content (AvgIpc) is 2.37. The molecule has 0 radical (unpaired) electrons. The van der Waals surface area contributed by atoms with Crippen molar-refractivity contribution in [3.8, 4) is 0 Å². The fourth-order valence-corrected chi connectivity index (χ4v) is 5.01. The van der Waals surface area contributed by atoms with Crippen LogP contribution in [0.1, 0.15) is 44.9 Å². The lowest BCUT2D eigenvalue weighted by atomic mass is 9.89. The van der Waals surface area contributed by atoms with Crippen LogP contribution in [-0.4, -0.2) is 37.2 Å². The summed E-state index contributed by atoms with van der Waals surface area (Å²) in [6.07, 6.45) is 6.01. The number of alkyl halides is 1. The number of hydrogen-bond donors (Lipinski definition) is 1. The second-order valence-corrected chi connectivity index (χ2v) is 8.63. The predicted molar refractivity (Wildman–Crippen MR) is 76.0 cm³/mol. The molecule has 19 heavy (non-hydrogen) atoms. The van der Waals surface area contributed by atoms with Crippen LogP contribution >= 0.6 is 11.6 Å². The van der Waals surface area contributed by atoms with E-state index in [-0.39, 0.29) is 17.0 Å². The van der Waals surface area contributed by atoms with Crippen molar-refractivity contribution in [3.63, 3.8) is 0 Å². The molecule has 1 saturated carbocycles. The molecule has 2 aliphatic rings. The third-order valence-electron chi connectivity index (χ3n) is 4.21. The summed E-state index contributed by atoms with van der Waals surface area (Å²) in [6.45, 7) is 0.592. The Morgan fingerprint density at radius 2 is 1.79 bits per heavy atom. The first kappa shape index (κ1) is 15.1. The van der Waals surface area contributed by atoms with Gasteiger partial charge in [-0.05, 0) is 44.4 Å². The zero-order valence-corrected chi connectivity index (χ0v) is 12.7. The number of rotatable bonds is 3. The molecule has 1 unspecified atom stereocenters. The fraction of sp³-hybridized carbons (Fsp3) is 0.923. The molecule has 1 aliphatic carbocycles. The lowest BCUT2D eigenvalue weighted by molar-refractivity contribution is -0.121. The second kappa shape index (κ2) is 6.44. The van der Waals surface area contributed by atoms with E-state index in [2.05, 4.69) is 5.32 Å². The molecule has 0 spiro atoms. The van der Waals surface area contributed by atoms with E-state index in [1.807, 2.05) is 0 Å². The highest BCUT2D eigenvalue weighted by Crippen LogP contribution is 2.27. The molecule has 1 aliphatic heterocycles. The minimum atomic E-state index is -3.22. The summed E-state index contributed by atoms with van der Waals surface area (Å²) in [4.78, 5) is 12.0. The molecule has 0 aromatic carbocycles. The highest BCUT2D eigenvalue weighted by atomic mass is 35.5. The van der Waals surface area contributed by atoms with E-state index in [9.17, 15) is 13.2 Å². The van der Waals surface area contributed by atoms with Gasteiger partial charge < -0.3 is 5.32 Å². The maximum Gasteiger partial charge on any atom is 0.238 e.